The number of nitro benzene ring substituents is 1. The van der Waals surface area contributed by atoms with Crippen LogP contribution in [0, 0.1) is 22.4 Å². The largest absolute Gasteiger partial charge is 0.457 e. The number of fused-ring (bicyclic) bond motifs is 1. The summed E-state index contributed by atoms with van der Waals surface area (Å²) < 4.78 is 44.3. The van der Waals surface area contributed by atoms with E-state index in [0.717, 1.165) is 0 Å². The second kappa shape index (κ2) is 7.19. The van der Waals surface area contributed by atoms with Gasteiger partial charge in [0.1, 0.15) is 11.5 Å². The number of hydrogen-bond donors (Lipinski definition) is 1. The van der Waals surface area contributed by atoms with Crippen molar-refractivity contribution < 1.29 is 27.3 Å². The number of non-ortho nitro benzene ring substituents is 1. The Bertz CT molecular complexity index is 1250. The molecule has 1 N–H and O–H groups in total. The van der Waals surface area contributed by atoms with E-state index in [0.29, 0.717) is 21.9 Å². The zero-order valence-electron chi connectivity index (χ0n) is 15.4. The summed E-state index contributed by atoms with van der Waals surface area (Å²) in [4.78, 5) is 26.2. The molecule has 0 unspecified atom stereocenters. The van der Waals surface area contributed by atoms with E-state index in [1.165, 1.54) is 30.3 Å². The Labute approximate surface area is 175 Å². The van der Waals surface area contributed by atoms with Crippen molar-refractivity contribution in [2.45, 2.75) is 13.1 Å². The summed E-state index contributed by atoms with van der Waals surface area (Å²) in [7, 11) is 0. The van der Waals surface area contributed by atoms with Gasteiger partial charge >= 0.3 is 6.18 Å². The zero-order valence-corrected chi connectivity index (χ0v) is 16.2. The highest BCUT2D eigenvalue weighted by molar-refractivity contribution is 8.27. The van der Waals surface area contributed by atoms with Crippen molar-refractivity contribution in [3.05, 3.63) is 57.3 Å². The quantitative estimate of drug-likeness (QED) is 0.422. The Morgan fingerprint density at radius 3 is 2.68 bits per heavy atom. The number of amidine groups is 2. The number of nitro groups is 1. The molecule has 0 saturated heterocycles. The molecular formula is C18H10F3N5O4S. The van der Waals surface area contributed by atoms with E-state index in [4.69, 9.17) is 9.83 Å². The van der Waals surface area contributed by atoms with Crippen molar-refractivity contribution in [2.75, 3.05) is 0 Å². The summed E-state index contributed by atoms with van der Waals surface area (Å²) in [6, 6.07) is 7.28. The minimum Gasteiger partial charge on any atom is -0.457 e. The molecule has 1 aromatic carbocycles. The molecule has 0 atom stereocenters. The lowest BCUT2D eigenvalue weighted by Crippen LogP contribution is -2.35. The van der Waals surface area contributed by atoms with E-state index in [1.54, 1.807) is 13.0 Å². The molecule has 2 aliphatic rings. The van der Waals surface area contributed by atoms with Crippen LogP contribution in [0.1, 0.15) is 11.3 Å². The van der Waals surface area contributed by atoms with E-state index in [1.807, 2.05) is 0 Å². The average Bonchev–Trinajstić information content (AvgIpc) is 3.32. The van der Waals surface area contributed by atoms with Gasteiger partial charge < -0.3 is 4.42 Å². The molecule has 0 aliphatic carbocycles. The standard InChI is InChI=1S/C18H10F3N5O4S/c1-8-6-9(26(28)29)2-4-11(8)13-5-3-10(30-13)7-12-14(22)25-17(23-15(12)27)31-16(24-25)18(19,20)21/h2-7,22H,1H3. The van der Waals surface area contributed by atoms with Crippen LogP contribution in [0.4, 0.5) is 18.9 Å². The number of aliphatic imine (C=N–C) groups is 1. The van der Waals surface area contributed by atoms with Gasteiger partial charge in [0.2, 0.25) is 10.2 Å². The first-order chi connectivity index (χ1) is 14.5. The van der Waals surface area contributed by atoms with Crippen molar-refractivity contribution in [2.24, 2.45) is 10.1 Å². The van der Waals surface area contributed by atoms with Gasteiger partial charge in [0.05, 0.1) is 10.5 Å². The van der Waals surface area contributed by atoms with Crippen molar-refractivity contribution in [3.63, 3.8) is 0 Å². The van der Waals surface area contributed by atoms with Gasteiger partial charge in [-0.15, -0.1) is 0 Å². The van der Waals surface area contributed by atoms with Gasteiger partial charge in [-0.25, -0.2) is 0 Å². The van der Waals surface area contributed by atoms with Gasteiger partial charge in [0.15, 0.2) is 5.84 Å². The van der Waals surface area contributed by atoms with Crippen LogP contribution in [-0.4, -0.2) is 38.1 Å². The highest BCUT2D eigenvalue weighted by Crippen LogP contribution is 2.35. The summed E-state index contributed by atoms with van der Waals surface area (Å²) in [5.41, 5.74) is 0.794. The number of rotatable bonds is 3. The number of hydrogen-bond acceptors (Lipinski definition) is 7. The van der Waals surface area contributed by atoms with Gasteiger partial charge in [0, 0.05) is 17.7 Å². The number of hydrazone groups is 1. The molecule has 4 rings (SSSR count). The number of aryl methyl sites for hydroxylation is 1. The van der Waals surface area contributed by atoms with Gasteiger partial charge in [0.25, 0.3) is 11.6 Å². The maximum atomic E-state index is 12.9. The molecule has 0 saturated carbocycles. The molecule has 0 radical (unpaired) electrons. The van der Waals surface area contributed by atoms with Crippen LogP contribution in [0.25, 0.3) is 17.4 Å². The summed E-state index contributed by atoms with van der Waals surface area (Å²) in [5, 5.41) is 21.4. The Morgan fingerprint density at radius 1 is 1.29 bits per heavy atom. The number of halogens is 3. The Kier molecular flexibility index (Phi) is 4.76. The first kappa shape index (κ1) is 20.5. The summed E-state index contributed by atoms with van der Waals surface area (Å²) >= 11 is 0.164. The van der Waals surface area contributed by atoms with E-state index in [-0.39, 0.29) is 34.0 Å². The highest BCUT2D eigenvalue weighted by atomic mass is 32.2. The van der Waals surface area contributed by atoms with Gasteiger partial charge in [-0.2, -0.15) is 28.3 Å². The number of thioether (sulfide) groups is 1. The zero-order chi connectivity index (χ0) is 22.5. The molecule has 31 heavy (non-hydrogen) atoms. The summed E-state index contributed by atoms with van der Waals surface area (Å²) in [5.74, 6) is -0.961. The third kappa shape index (κ3) is 3.74. The second-order valence-corrected chi connectivity index (χ2v) is 7.34. The molecule has 2 aromatic rings. The predicted octanol–water partition coefficient (Wildman–Crippen LogP) is 4.34. The monoisotopic (exact) mass is 449 g/mol. The highest BCUT2D eigenvalue weighted by Gasteiger charge is 2.46. The number of amides is 1. The molecule has 0 spiro atoms. The molecule has 13 heteroatoms. The normalized spacial score (nSPS) is 17.7. The van der Waals surface area contributed by atoms with Crippen LogP contribution in [0.15, 0.2) is 50.4 Å². The molecular weight excluding hydrogens is 439 g/mol. The fraction of sp³-hybridized carbons (Fsp3) is 0.111. The second-order valence-electron chi connectivity index (χ2n) is 6.38. The van der Waals surface area contributed by atoms with Crippen LogP contribution in [-0.2, 0) is 4.79 Å². The number of alkyl halides is 3. The van der Waals surface area contributed by atoms with E-state index in [9.17, 15) is 28.1 Å². The van der Waals surface area contributed by atoms with Crippen molar-refractivity contribution in [1.82, 2.24) is 5.01 Å². The molecule has 1 aromatic heterocycles. The average molecular weight is 449 g/mol. The van der Waals surface area contributed by atoms with E-state index >= 15 is 0 Å². The van der Waals surface area contributed by atoms with E-state index < -0.39 is 27.9 Å². The number of furan rings is 1. The fourth-order valence-corrected chi connectivity index (χ4v) is 3.62. The predicted molar refractivity (Wildman–Crippen MR) is 107 cm³/mol. The van der Waals surface area contributed by atoms with E-state index in [2.05, 4.69) is 10.1 Å². The lowest BCUT2D eigenvalue weighted by molar-refractivity contribution is -0.384. The number of nitrogens with zero attached hydrogens (tertiary/aromatic N) is 4. The minimum atomic E-state index is -4.73. The lowest BCUT2D eigenvalue weighted by Gasteiger charge is -2.19. The summed E-state index contributed by atoms with van der Waals surface area (Å²) in [6.07, 6.45) is -3.54. The molecule has 9 nitrogen and oxygen atoms in total. The number of carbonyl (C=O) groups is 1. The van der Waals surface area contributed by atoms with Crippen LogP contribution < -0.4 is 0 Å². The van der Waals surface area contributed by atoms with Crippen molar-refractivity contribution >= 4 is 45.5 Å². The molecule has 0 fully saturated rings. The maximum Gasteiger partial charge on any atom is 0.441 e. The van der Waals surface area contributed by atoms with Crippen molar-refractivity contribution in [1.29, 1.82) is 5.41 Å². The van der Waals surface area contributed by atoms with Crippen LogP contribution >= 0.6 is 11.8 Å². The van der Waals surface area contributed by atoms with Crippen LogP contribution in [0.2, 0.25) is 0 Å². The number of nitrogens with one attached hydrogen (secondary N) is 1. The maximum absolute atomic E-state index is 12.9. The first-order valence-electron chi connectivity index (χ1n) is 8.47. The Hall–Kier alpha value is -3.74. The Balaban J connectivity index is 1.64. The summed E-state index contributed by atoms with van der Waals surface area (Å²) in [6.45, 7) is 1.67. The van der Waals surface area contributed by atoms with Crippen LogP contribution in [0.3, 0.4) is 0 Å². The number of benzene rings is 1. The molecule has 2 aliphatic heterocycles. The molecule has 3 heterocycles. The van der Waals surface area contributed by atoms with Crippen LogP contribution in [0.5, 0.6) is 0 Å². The Morgan fingerprint density at radius 2 is 2.03 bits per heavy atom. The topological polar surface area (TPSA) is 125 Å². The first-order valence-corrected chi connectivity index (χ1v) is 9.29. The fourth-order valence-electron chi connectivity index (χ4n) is 2.86. The third-order valence-electron chi connectivity index (χ3n) is 4.30. The minimum absolute atomic E-state index is 0.0765. The van der Waals surface area contributed by atoms with Gasteiger partial charge in [-0.05, 0) is 48.5 Å². The van der Waals surface area contributed by atoms with Crippen molar-refractivity contribution in [3.8, 4) is 11.3 Å². The third-order valence-corrected chi connectivity index (χ3v) is 5.25. The van der Waals surface area contributed by atoms with Gasteiger partial charge in [-0.1, -0.05) is 0 Å². The number of carbonyl (C=O) groups excluding carboxylic acids is 1. The smallest absolute Gasteiger partial charge is 0.441 e. The SMILES string of the molecule is Cc1cc([N+](=O)[O-])ccc1-c1ccc(C=C2C(=N)N3N=C(C(F)(F)F)SC3=NC2=O)o1. The molecule has 158 valence electrons. The molecule has 0 bridgehead atoms. The van der Waals surface area contributed by atoms with Gasteiger partial charge in [-0.3, -0.25) is 20.3 Å². The lowest BCUT2D eigenvalue weighted by atomic mass is 10.1. The molecule has 1 amide bonds.